The molecule has 232 valence electrons. The van der Waals surface area contributed by atoms with Crippen molar-refractivity contribution in [3.63, 3.8) is 0 Å². The lowest BCUT2D eigenvalue weighted by molar-refractivity contribution is -0.313. The Morgan fingerprint density at radius 2 is 1.78 bits per heavy atom. The van der Waals surface area contributed by atoms with Gasteiger partial charge in [-0.05, 0) is 91.8 Å². The molecule has 6 fully saturated rings. The smallest absolute Gasteiger partial charge is 0.186 e. The van der Waals surface area contributed by atoms with Gasteiger partial charge in [-0.25, -0.2) is 0 Å². The number of ether oxygens (including phenoxy) is 4. The Morgan fingerprint density at radius 3 is 2.51 bits per heavy atom. The molecule has 16 atom stereocenters. The Labute approximate surface area is 244 Å². The molecule has 3 saturated heterocycles. The van der Waals surface area contributed by atoms with Crippen LogP contribution in [0.4, 0.5) is 0 Å². The molecule has 0 amide bonds. The van der Waals surface area contributed by atoms with Crippen molar-refractivity contribution in [1.82, 2.24) is 0 Å². The predicted octanol–water partition coefficient (Wildman–Crippen LogP) is 3.54. The minimum Gasteiger partial charge on any atom is -0.394 e. The van der Waals surface area contributed by atoms with Gasteiger partial charge in [0.15, 0.2) is 12.1 Å². The van der Waals surface area contributed by atoms with E-state index in [1.165, 1.54) is 24.8 Å². The molecule has 3 aliphatic heterocycles. The molecule has 7 aliphatic rings. The van der Waals surface area contributed by atoms with E-state index in [2.05, 4.69) is 33.8 Å². The molecule has 4 N–H and O–H groups in total. The number of aliphatic hydroxyl groups excluding tert-OH is 4. The number of rotatable bonds is 3. The first-order chi connectivity index (χ1) is 19.5. The van der Waals surface area contributed by atoms with Crippen LogP contribution in [-0.2, 0) is 18.9 Å². The molecule has 0 radical (unpaired) electrons. The lowest BCUT2D eigenvalue weighted by Crippen LogP contribution is -2.60. The third-order valence-electron chi connectivity index (χ3n) is 13.5. The van der Waals surface area contributed by atoms with E-state index in [1.807, 2.05) is 0 Å². The molecule has 8 heteroatoms. The molecule has 1 spiro atoms. The van der Waals surface area contributed by atoms with Gasteiger partial charge in [0.2, 0.25) is 0 Å². The lowest BCUT2D eigenvalue weighted by atomic mass is 9.47. The van der Waals surface area contributed by atoms with E-state index in [-0.39, 0.29) is 17.3 Å². The Balaban J connectivity index is 1.05. The van der Waals surface area contributed by atoms with Crippen LogP contribution in [0.25, 0.3) is 0 Å². The minimum atomic E-state index is -1.41. The highest BCUT2D eigenvalue weighted by atomic mass is 16.7. The summed E-state index contributed by atoms with van der Waals surface area (Å²) in [5.74, 6) is 3.28. The van der Waals surface area contributed by atoms with E-state index >= 15 is 0 Å². The molecule has 7 rings (SSSR count). The highest BCUT2D eigenvalue weighted by Crippen LogP contribution is 2.70. The van der Waals surface area contributed by atoms with Crippen LogP contribution in [-0.4, -0.2) is 82.3 Å². The van der Waals surface area contributed by atoms with Crippen molar-refractivity contribution in [1.29, 1.82) is 0 Å². The standard InChI is InChI=1S/C33H52O8/c1-17-7-12-33(38-16-17)18(2)26-24(41-33)14-23-21-6-5-19-13-20(8-10-31(19,3)22(21)9-11-32(23,26)4)39-30-29(37)28(36)27(35)25(15-34)40-30/h5,17-18,20-30,34-37H,6-16H2,1-4H3/t17-,18+,20+,21+,22-,23+,24+,25+,26+,27+,28-,29+,30+,31-,32-,33-/m0/s1. The largest absolute Gasteiger partial charge is 0.394 e. The first-order valence-corrected chi connectivity index (χ1v) is 16.5. The number of hydrogen-bond acceptors (Lipinski definition) is 8. The van der Waals surface area contributed by atoms with Gasteiger partial charge in [-0.15, -0.1) is 0 Å². The van der Waals surface area contributed by atoms with Gasteiger partial charge in [-0.2, -0.15) is 0 Å². The van der Waals surface area contributed by atoms with Crippen LogP contribution in [0, 0.1) is 46.3 Å². The highest BCUT2D eigenvalue weighted by molar-refractivity contribution is 5.26. The first-order valence-electron chi connectivity index (χ1n) is 16.5. The van der Waals surface area contributed by atoms with Crippen molar-refractivity contribution in [3.8, 4) is 0 Å². The normalized spacial score (nSPS) is 58.3. The van der Waals surface area contributed by atoms with Crippen molar-refractivity contribution in [2.75, 3.05) is 13.2 Å². The van der Waals surface area contributed by atoms with Gasteiger partial charge in [-0.1, -0.05) is 39.3 Å². The van der Waals surface area contributed by atoms with E-state index < -0.39 is 37.3 Å². The van der Waals surface area contributed by atoms with E-state index in [4.69, 9.17) is 18.9 Å². The first kappa shape index (κ1) is 29.1. The van der Waals surface area contributed by atoms with Crippen LogP contribution in [0.5, 0.6) is 0 Å². The van der Waals surface area contributed by atoms with Crippen molar-refractivity contribution < 1.29 is 39.4 Å². The van der Waals surface area contributed by atoms with E-state index in [0.717, 1.165) is 45.1 Å². The Kier molecular flexibility index (Phi) is 7.27. The molecule has 0 unspecified atom stereocenters. The molecule has 4 aliphatic carbocycles. The summed E-state index contributed by atoms with van der Waals surface area (Å²) in [7, 11) is 0. The van der Waals surface area contributed by atoms with Crippen molar-refractivity contribution in [2.45, 2.75) is 134 Å². The fourth-order valence-electron chi connectivity index (χ4n) is 11.1. The molecular formula is C33H52O8. The van der Waals surface area contributed by atoms with Gasteiger partial charge in [0.05, 0.1) is 25.4 Å². The van der Waals surface area contributed by atoms with Crippen LogP contribution in [0.1, 0.15) is 85.5 Å². The maximum atomic E-state index is 10.5. The Bertz CT molecular complexity index is 1020. The van der Waals surface area contributed by atoms with Crippen molar-refractivity contribution in [2.24, 2.45) is 46.3 Å². The third kappa shape index (κ3) is 4.29. The van der Waals surface area contributed by atoms with Crippen LogP contribution in [0.2, 0.25) is 0 Å². The second kappa shape index (κ2) is 10.2. The van der Waals surface area contributed by atoms with Gasteiger partial charge in [-0.3, -0.25) is 0 Å². The molecule has 3 saturated carbocycles. The molecule has 0 aromatic carbocycles. The summed E-state index contributed by atoms with van der Waals surface area (Å²) in [6.45, 7) is 10.1. The second-order valence-electron chi connectivity index (χ2n) is 15.5. The molecular weight excluding hydrogens is 524 g/mol. The van der Waals surface area contributed by atoms with Gasteiger partial charge in [0, 0.05) is 12.3 Å². The van der Waals surface area contributed by atoms with Crippen LogP contribution in [0.3, 0.4) is 0 Å². The predicted molar refractivity (Wildman–Crippen MR) is 150 cm³/mol. The van der Waals surface area contributed by atoms with Crippen molar-refractivity contribution >= 4 is 0 Å². The number of fused-ring (bicyclic) bond motifs is 7. The Hall–Kier alpha value is -0.580. The maximum Gasteiger partial charge on any atom is 0.186 e. The van der Waals surface area contributed by atoms with E-state index in [1.54, 1.807) is 0 Å². The zero-order valence-electron chi connectivity index (χ0n) is 25.3. The van der Waals surface area contributed by atoms with Gasteiger partial charge in [0.1, 0.15) is 24.4 Å². The van der Waals surface area contributed by atoms with Crippen LogP contribution in [0.15, 0.2) is 11.6 Å². The van der Waals surface area contributed by atoms with Gasteiger partial charge in [0.25, 0.3) is 0 Å². The number of allylic oxidation sites excluding steroid dienone is 1. The van der Waals surface area contributed by atoms with E-state index in [9.17, 15) is 20.4 Å². The molecule has 0 bridgehead atoms. The fraction of sp³-hybridized carbons (Fsp3) is 0.939. The molecule has 8 nitrogen and oxygen atoms in total. The topological polar surface area (TPSA) is 118 Å². The van der Waals surface area contributed by atoms with Gasteiger partial charge < -0.3 is 39.4 Å². The van der Waals surface area contributed by atoms with Crippen LogP contribution < -0.4 is 0 Å². The summed E-state index contributed by atoms with van der Waals surface area (Å²) in [5, 5.41) is 40.4. The molecule has 0 aromatic rings. The summed E-state index contributed by atoms with van der Waals surface area (Å²) >= 11 is 0. The van der Waals surface area contributed by atoms with Crippen LogP contribution >= 0.6 is 0 Å². The molecule has 41 heavy (non-hydrogen) atoms. The fourth-order valence-corrected chi connectivity index (χ4v) is 11.1. The average molecular weight is 577 g/mol. The summed E-state index contributed by atoms with van der Waals surface area (Å²) < 4.78 is 25.3. The van der Waals surface area contributed by atoms with E-state index in [0.29, 0.717) is 47.0 Å². The zero-order valence-corrected chi connectivity index (χ0v) is 25.3. The van der Waals surface area contributed by atoms with Gasteiger partial charge >= 0.3 is 0 Å². The average Bonchev–Trinajstić information content (AvgIpc) is 3.40. The second-order valence-corrected chi connectivity index (χ2v) is 15.5. The summed E-state index contributed by atoms with van der Waals surface area (Å²) in [6, 6.07) is 0. The summed E-state index contributed by atoms with van der Waals surface area (Å²) in [6.07, 6.45) is 6.24. The molecule has 0 aromatic heterocycles. The van der Waals surface area contributed by atoms with Crippen molar-refractivity contribution in [3.05, 3.63) is 11.6 Å². The third-order valence-corrected chi connectivity index (χ3v) is 13.5. The molecule has 3 heterocycles. The summed E-state index contributed by atoms with van der Waals surface area (Å²) in [4.78, 5) is 0. The SMILES string of the molecule is C[C@H]1CC[C@]2(OC1)O[C@@H]1C[C@@H]3[C@@H]4CC=C5C[C@H](O[C@@H]6O[C@H](CO)[C@@H](O)[C@H](O)[C@H]6O)CC[C@]5(C)[C@H]4CC[C@]3(C)[C@@H]1[C@H]2C. The monoisotopic (exact) mass is 576 g/mol. The Morgan fingerprint density at radius 1 is 0.976 bits per heavy atom. The minimum absolute atomic E-state index is 0.129. The summed E-state index contributed by atoms with van der Waals surface area (Å²) in [5.41, 5.74) is 1.91. The highest BCUT2D eigenvalue weighted by Gasteiger charge is 2.68. The maximum absolute atomic E-state index is 10.5. The zero-order chi connectivity index (χ0) is 28.9. The number of aliphatic hydroxyl groups is 4. The lowest BCUT2D eigenvalue weighted by Gasteiger charge is -2.58. The quantitative estimate of drug-likeness (QED) is 0.377. The number of hydrogen-bond donors (Lipinski definition) is 4.